The second kappa shape index (κ2) is 6.70. The first-order valence-electron chi connectivity index (χ1n) is 6.60. The minimum atomic E-state index is -4.26. The van der Waals surface area contributed by atoms with E-state index in [0.717, 1.165) is 6.07 Å². The summed E-state index contributed by atoms with van der Waals surface area (Å²) >= 11 is 0. The number of sulfonamides is 1. The Labute approximate surface area is 141 Å². The molecule has 0 saturated heterocycles. The summed E-state index contributed by atoms with van der Waals surface area (Å²) in [5.74, 6) is -0.884. The van der Waals surface area contributed by atoms with Gasteiger partial charge in [0.15, 0.2) is 0 Å². The van der Waals surface area contributed by atoms with Crippen LogP contribution in [0.25, 0.3) is 0 Å². The number of primary sulfonamides is 1. The summed E-state index contributed by atoms with van der Waals surface area (Å²) in [6.45, 7) is 0. The molecule has 0 unspecified atom stereocenters. The highest BCUT2D eigenvalue weighted by atomic mass is 32.2. The Morgan fingerprint density at radius 2 is 1.88 bits per heavy atom. The van der Waals surface area contributed by atoms with Crippen LogP contribution in [0, 0.1) is 10.1 Å². The predicted molar refractivity (Wildman–Crippen MR) is 88.0 cm³/mol. The molecule has 12 heteroatoms. The fourth-order valence-corrected chi connectivity index (χ4v) is 2.41. The van der Waals surface area contributed by atoms with E-state index in [1.807, 2.05) is 0 Å². The molecule has 2 aromatic carbocycles. The van der Waals surface area contributed by atoms with Crippen molar-refractivity contribution >= 4 is 32.8 Å². The van der Waals surface area contributed by atoms with Crippen molar-refractivity contribution in [3.05, 3.63) is 40.4 Å². The summed E-state index contributed by atoms with van der Waals surface area (Å²) in [5, 5.41) is 45.5. The smallest absolute Gasteiger partial charge is 0.314 e. The predicted octanol–water partition coefficient (Wildman–Crippen LogP) is 2.11. The van der Waals surface area contributed by atoms with Gasteiger partial charge in [-0.3, -0.25) is 10.1 Å². The van der Waals surface area contributed by atoms with Crippen LogP contribution in [0.2, 0.25) is 0 Å². The number of nitrogens with two attached hydrogens (primary N) is 1. The van der Waals surface area contributed by atoms with Crippen LogP contribution >= 0.6 is 0 Å². The molecule has 0 atom stereocenters. The molecule has 0 spiro atoms. The van der Waals surface area contributed by atoms with Crippen LogP contribution in [0.15, 0.2) is 45.5 Å². The van der Waals surface area contributed by atoms with Gasteiger partial charge in [-0.15, -0.1) is 5.11 Å². The van der Waals surface area contributed by atoms with Crippen molar-refractivity contribution in [2.45, 2.75) is 4.90 Å². The van der Waals surface area contributed by atoms with Crippen LogP contribution in [0.4, 0.5) is 22.7 Å². The van der Waals surface area contributed by atoms with Gasteiger partial charge < -0.3 is 15.5 Å². The Hall–Kier alpha value is -3.25. The normalized spacial score (nSPS) is 11.6. The van der Waals surface area contributed by atoms with Gasteiger partial charge in [0.25, 0.3) is 0 Å². The van der Waals surface area contributed by atoms with E-state index >= 15 is 0 Å². The zero-order valence-electron chi connectivity index (χ0n) is 12.7. The first-order valence-corrected chi connectivity index (χ1v) is 8.15. The summed E-state index contributed by atoms with van der Waals surface area (Å²) in [6, 6.07) is 5.65. The number of azo groups is 1. The molecule has 0 aliphatic rings. The average Bonchev–Trinajstić information content (AvgIpc) is 2.53. The molecule has 0 heterocycles. The zero-order chi connectivity index (χ0) is 18.8. The van der Waals surface area contributed by atoms with Crippen LogP contribution in [-0.2, 0) is 10.0 Å². The lowest BCUT2D eigenvalue weighted by Gasteiger charge is -2.05. The number of nitrogens with one attached hydrogen (secondary N) is 1. The largest absolute Gasteiger partial charge is 0.506 e. The van der Waals surface area contributed by atoms with Gasteiger partial charge in [-0.05, 0) is 24.3 Å². The SMILES string of the molecule is CNc1cc(N=Nc2cc(S(N)(=O)=O)cc([N+](=O)[O-])c2O)ccc1O. The molecule has 0 aromatic heterocycles. The molecule has 132 valence electrons. The molecule has 2 rings (SSSR count). The van der Waals surface area contributed by atoms with Gasteiger partial charge in [-0.25, -0.2) is 13.6 Å². The lowest BCUT2D eigenvalue weighted by molar-refractivity contribution is -0.386. The van der Waals surface area contributed by atoms with Gasteiger partial charge >= 0.3 is 5.69 Å². The monoisotopic (exact) mass is 367 g/mol. The molecule has 0 bridgehead atoms. The number of phenols is 2. The fraction of sp³-hybridized carbons (Fsp3) is 0.0769. The third-order valence-corrected chi connectivity index (χ3v) is 3.98. The summed E-state index contributed by atoms with van der Waals surface area (Å²) < 4.78 is 22.9. The van der Waals surface area contributed by atoms with E-state index in [1.54, 1.807) is 7.05 Å². The zero-order valence-corrected chi connectivity index (χ0v) is 13.6. The second-order valence-corrected chi connectivity index (χ2v) is 6.33. The van der Waals surface area contributed by atoms with Crippen molar-refractivity contribution in [2.75, 3.05) is 12.4 Å². The number of rotatable bonds is 5. The van der Waals surface area contributed by atoms with E-state index < -0.39 is 37.0 Å². The number of nitro benzene ring substituents is 1. The number of nitro groups is 1. The van der Waals surface area contributed by atoms with Crippen molar-refractivity contribution in [1.29, 1.82) is 0 Å². The highest BCUT2D eigenvalue weighted by molar-refractivity contribution is 7.89. The van der Waals surface area contributed by atoms with Crippen molar-refractivity contribution in [1.82, 2.24) is 0 Å². The Kier molecular flexibility index (Phi) is 4.85. The molecule has 0 saturated carbocycles. The molecule has 11 nitrogen and oxygen atoms in total. The molecule has 0 aliphatic heterocycles. The van der Waals surface area contributed by atoms with Crippen molar-refractivity contribution in [3.8, 4) is 11.5 Å². The van der Waals surface area contributed by atoms with Crippen LogP contribution in [0.3, 0.4) is 0 Å². The number of hydrogen-bond acceptors (Lipinski definition) is 9. The van der Waals surface area contributed by atoms with Gasteiger partial charge in [-0.1, -0.05) is 0 Å². The summed E-state index contributed by atoms with van der Waals surface area (Å²) in [4.78, 5) is 9.39. The number of anilines is 1. The molecule has 0 aliphatic carbocycles. The van der Waals surface area contributed by atoms with Crippen molar-refractivity contribution in [2.24, 2.45) is 15.4 Å². The van der Waals surface area contributed by atoms with Gasteiger partial charge in [0.1, 0.15) is 11.4 Å². The van der Waals surface area contributed by atoms with Crippen LogP contribution < -0.4 is 10.5 Å². The first-order chi connectivity index (χ1) is 11.6. The lowest BCUT2D eigenvalue weighted by Crippen LogP contribution is -2.12. The van der Waals surface area contributed by atoms with E-state index in [4.69, 9.17) is 5.14 Å². The molecule has 25 heavy (non-hydrogen) atoms. The standard InChI is InChI=1S/C13H13N5O6S/c1-15-9-4-7(2-3-12(9)19)16-17-10-5-8(25(14,23)24)6-11(13(10)20)18(21)22/h2-6,15,19-20H,1H3,(H2,14,23,24). The number of aromatic hydroxyl groups is 2. The molecule has 2 aromatic rings. The van der Waals surface area contributed by atoms with E-state index in [0.29, 0.717) is 11.8 Å². The maximum absolute atomic E-state index is 11.4. The quantitative estimate of drug-likeness (QED) is 0.270. The Morgan fingerprint density at radius 3 is 2.44 bits per heavy atom. The molecular weight excluding hydrogens is 354 g/mol. The Bertz CT molecular complexity index is 973. The molecule has 0 amide bonds. The third kappa shape index (κ3) is 3.99. The van der Waals surface area contributed by atoms with E-state index in [1.165, 1.54) is 18.2 Å². The Morgan fingerprint density at radius 1 is 1.20 bits per heavy atom. The van der Waals surface area contributed by atoms with Gasteiger partial charge in [0.2, 0.25) is 15.8 Å². The first kappa shape index (κ1) is 18.1. The molecule has 5 N–H and O–H groups in total. The lowest BCUT2D eigenvalue weighted by atomic mass is 10.2. The molecular formula is C13H13N5O6S. The van der Waals surface area contributed by atoms with E-state index in [2.05, 4.69) is 15.5 Å². The fourth-order valence-electron chi connectivity index (χ4n) is 1.86. The highest BCUT2D eigenvalue weighted by Crippen LogP contribution is 2.39. The maximum atomic E-state index is 11.4. The summed E-state index contributed by atoms with van der Waals surface area (Å²) in [7, 11) is -2.69. The van der Waals surface area contributed by atoms with E-state index in [-0.39, 0.29) is 11.4 Å². The number of benzene rings is 2. The third-order valence-electron chi connectivity index (χ3n) is 3.09. The van der Waals surface area contributed by atoms with Crippen LogP contribution in [0.1, 0.15) is 0 Å². The van der Waals surface area contributed by atoms with Crippen LogP contribution in [0.5, 0.6) is 11.5 Å². The molecule has 0 radical (unpaired) electrons. The van der Waals surface area contributed by atoms with Gasteiger partial charge in [0, 0.05) is 13.1 Å². The topological polar surface area (TPSA) is 181 Å². The average molecular weight is 367 g/mol. The second-order valence-electron chi connectivity index (χ2n) is 4.76. The summed E-state index contributed by atoms with van der Waals surface area (Å²) in [5.41, 5.74) is -0.727. The number of phenolic OH excluding ortho intramolecular Hbond substituents is 2. The van der Waals surface area contributed by atoms with Gasteiger partial charge in [-0.2, -0.15) is 5.11 Å². The van der Waals surface area contributed by atoms with Crippen LogP contribution in [-0.4, -0.2) is 30.6 Å². The number of hydrogen-bond donors (Lipinski definition) is 4. The highest BCUT2D eigenvalue weighted by Gasteiger charge is 2.23. The minimum absolute atomic E-state index is 0.0313. The maximum Gasteiger partial charge on any atom is 0.314 e. The summed E-state index contributed by atoms with van der Waals surface area (Å²) in [6.07, 6.45) is 0. The number of nitrogens with zero attached hydrogens (tertiary/aromatic N) is 3. The van der Waals surface area contributed by atoms with Crippen molar-refractivity contribution in [3.63, 3.8) is 0 Å². The minimum Gasteiger partial charge on any atom is -0.506 e. The van der Waals surface area contributed by atoms with Crippen molar-refractivity contribution < 1.29 is 23.6 Å². The van der Waals surface area contributed by atoms with Gasteiger partial charge in [0.05, 0.1) is 21.2 Å². The van der Waals surface area contributed by atoms with E-state index in [9.17, 15) is 28.7 Å². The Balaban J connectivity index is 2.55. The molecule has 0 fully saturated rings.